The molecule has 0 spiro atoms. The van der Waals surface area contributed by atoms with E-state index in [2.05, 4.69) is 16.2 Å². The number of hydrogen-bond acceptors (Lipinski definition) is 9. The first-order chi connectivity index (χ1) is 10.9. The molecule has 1 aliphatic heterocycles. The predicted octanol–water partition coefficient (Wildman–Crippen LogP) is -1.83. The molecule has 0 amide bonds. The zero-order chi connectivity index (χ0) is 17.1. The summed E-state index contributed by atoms with van der Waals surface area (Å²) in [5.41, 5.74) is 12.5. The van der Waals surface area contributed by atoms with E-state index < -0.39 is 9.84 Å². The van der Waals surface area contributed by atoms with Crippen LogP contribution in [0.2, 0.25) is 0 Å². The summed E-state index contributed by atoms with van der Waals surface area (Å²) in [6.07, 6.45) is 3.67. The lowest BCUT2D eigenvalue weighted by Gasteiger charge is -2.20. The van der Waals surface area contributed by atoms with Crippen molar-refractivity contribution in [2.75, 3.05) is 58.6 Å². The second kappa shape index (κ2) is 10.8. The average Bonchev–Trinajstić information content (AvgIpc) is 2.91. The Bertz CT molecular complexity index is 457. The van der Waals surface area contributed by atoms with Gasteiger partial charge in [0.25, 0.3) is 0 Å². The van der Waals surface area contributed by atoms with Crippen molar-refractivity contribution in [1.82, 2.24) is 21.3 Å². The van der Waals surface area contributed by atoms with Crippen LogP contribution in [-0.4, -0.2) is 78.2 Å². The molecule has 0 aromatic rings. The summed E-state index contributed by atoms with van der Waals surface area (Å²) < 4.78 is 33.4. The van der Waals surface area contributed by atoms with Crippen molar-refractivity contribution in [2.24, 2.45) is 5.73 Å². The fraction of sp³-hybridized carbons (Fsp3) is 0.846. The summed E-state index contributed by atoms with van der Waals surface area (Å²) >= 11 is 0. The normalized spacial score (nSPS) is 16.7. The van der Waals surface area contributed by atoms with E-state index in [1.807, 2.05) is 6.20 Å². The summed E-state index contributed by atoms with van der Waals surface area (Å²) in [7, 11) is -1.25. The molecule has 1 aliphatic rings. The van der Waals surface area contributed by atoms with Crippen LogP contribution in [0.4, 0.5) is 0 Å². The molecular formula is C13H29N5O4S. The molecule has 0 saturated carbocycles. The molecule has 0 radical (unpaired) electrons. The lowest BCUT2D eigenvalue weighted by Crippen LogP contribution is -2.42. The van der Waals surface area contributed by atoms with Crippen molar-refractivity contribution in [1.29, 1.82) is 0 Å². The molecule has 0 saturated heterocycles. The fourth-order valence-electron chi connectivity index (χ4n) is 2.06. The van der Waals surface area contributed by atoms with E-state index in [4.69, 9.17) is 15.2 Å². The number of nitrogens with one attached hydrogen (secondary N) is 3. The molecule has 0 aromatic heterocycles. The molecule has 1 unspecified atom stereocenters. The molecule has 0 aliphatic carbocycles. The predicted molar refractivity (Wildman–Crippen MR) is 88.9 cm³/mol. The van der Waals surface area contributed by atoms with Crippen molar-refractivity contribution in [2.45, 2.75) is 12.5 Å². The van der Waals surface area contributed by atoms with Crippen LogP contribution in [0.3, 0.4) is 0 Å². The van der Waals surface area contributed by atoms with Gasteiger partial charge in [-0.25, -0.2) is 8.42 Å². The number of nitrogens with two attached hydrogens (primary N) is 1. The minimum atomic E-state index is -3.01. The van der Waals surface area contributed by atoms with Crippen LogP contribution in [0.25, 0.3) is 0 Å². The summed E-state index contributed by atoms with van der Waals surface area (Å²) in [6.45, 7) is 3.33. The lowest BCUT2D eigenvalue weighted by molar-refractivity contribution is 0.0323. The Labute approximate surface area is 138 Å². The van der Waals surface area contributed by atoms with Crippen molar-refractivity contribution in [3.05, 3.63) is 11.9 Å². The maximum Gasteiger partial charge on any atom is 0.148 e. The van der Waals surface area contributed by atoms with Gasteiger partial charge < -0.3 is 31.4 Å². The number of rotatable bonds is 13. The SMILES string of the molecule is CNC(CC1=CNN(CCOCCOCCN)N1)CS(C)(=O)=O. The monoisotopic (exact) mass is 351 g/mol. The Morgan fingerprint density at radius 2 is 2.00 bits per heavy atom. The van der Waals surface area contributed by atoms with Gasteiger partial charge in [-0.05, 0) is 7.05 Å². The fourth-order valence-corrected chi connectivity index (χ4v) is 3.07. The van der Waals surface area contributed by atoms with Crippen LogP contribution in [0.15, 0.2) is 11.9 Å². The van der Waals surface area contributed by atoms with E-state index in [9.17, 15) is 8.42 Å². The highest BCUT2D eigenvalue weighted by atomic mass is 32.2. The average molecular weight is 351 g/mol. The summed E-state index contributed by atoms with van der Waals surface area (Å²) in [4.78, 5) is 0. The molecule has 0 bridgehead atoms. The summed E-state index contributed by atoms with van der Waals surface area (Å²) in [5.74, 6) is 0.106. The number of hydrogen-bond donors (Lipinski definition) is 4. The third kappa shape index (κ3) is 9.74. The molecule has 5 N–H and O–H groups in total. The minimum absolute atomic E-state index is 0.106. The van der Waals surface area contributed by atoms with E-state index >= 15 is 0 Å². The Hall–Kier alpha value is -0.910. The minimum Gasteiger partial charge on any atom is -0.378 e. The molecule has 10 heteroatoms. The van der Waals surface area contributed by atoms with Crippen molar-refractivity contribution < 1.29 is 17.9 Å². The highest BCUT2D eigenvalue weighted by molar-refractivity contribution is 7.90. The van der Waals surface area contributed by atoms with Crippen LogP contribution >= 0.6 is 0 Å². The van der Waals surface area contributed by atoms with E-state index in [1.54, 1.807) is 12.2 Å². The van der Waals surface area contributed by atoms with Crippen LogP contribution < -0.4 is 21.9 Å². The molecule has 9 nitrogen and oxygen atoms in total. The van der Waals surface area contributed by atoms with E-state index in [-0.39, 0.29) is 11.8 Å². The number of ether oxygens (including phenoxy) is 2. The van der Waals surface area contributed by atoms with Gasteiger partial charge in [0, 0.05) is 37.2 Å². The van der Waals surface area contributed by atoms with Gasteiger partial charge in [-0.15, -0.1) is 5.12 Å². The van der Waals surface area contributed by atoms with Gasteiger partial charge in [0.2, 0.25) is 0 Å². The maximum atomic E-state index is 11.4. The molecule has 1 rings (SSSR count). The first-order valence-electron chi connectivity index (χ1n) is 7.64. The smallest absolute Gasteiger partial charge is 0.148 e. The van der Waals surface area contributed by atoms with Gasteiger partial charge in [-0.1, -0.05) is 0 Å². The van der Waals surface area contributed by atoms with E-state index in [1.165, 1.54) is 6.26 Å². The molecule has 136 valence electrons. The molecule has 1 heterocycles. The third-order valence-corrected chi connectivity index (χ3v) is 4.15. The highest BCUT2D eigenvalue weighted by Gasteiger charge is 2.19. The van der Waals surface area contributed by atoms with Crippen LogP contribution in [-0.2, 0) is 19.3 Å². The molecule has 0 fully saturated rings. The maximum absolute atomic E-state index is 11.4. The second-order valence-electron chi connectivity index (χ2n) is 5.36. The largest absolute Gasteiger partial charge is 0.378 e. The van der Waals surface area contributed by atoms with Crippen LogP contribution in [0.5, 0.6) is 0 Å². The van der Waals surface area contributed by atoms with Crippen LogP contribution in [0.1, 0.15) is 6.42 Å². The van der Waals surface area contributed by atoms with Crippen molar-refractivity contribution in [3.63, 3.8) is 0 Å². The van der Waals surface area contributed by atoms with E-state index in [0.29, 0.717) is 45.9 Å². The second-order valence-corrected chi connectivity index (χ2v) is 7.54. The molecular weight excluding hydrogens is 322 g/mol. The number of sulfone groups is 1. The third-order valence-electron chi connectivity index (χ3n) is 3.15. The number of nitrogens with zero attached hydrogens (tertiary/aromatic N) is 1. The Morgan fingerprint density at radius 3 is 2.61 bits per heavy atom. The first kappa shape index (κ1) is 20.1. The quantitative estimate of drug-likeness (QED) is 0.284. The summed E-state index contributed by atoms with van der Waals surface area (Å²) in [6, 6.07) is -0.124. The lowest BCUT2D eigenvalue weighted by atomic mass is 10.2. The zero-order valence-electron chi connectivity index (χ0n) is 13.9. The molecule has 0 aromatic carbocycles. The van der Waals surface area contributed by atoms with Crippen molar-refractivity contribution >= 4 is 9.84 Å². The van der Waals surface area contributed by atoms with Gasteiger partial charge >= 0.3 is 0 Å². The Balaban J connectivity index is 2.14. The van der Waals surface area contributed by atoms with E-state index in [0.717, 1.165) is 5.70 Å². The van der Waals surface area contributed by atoms with Crippen molar-refractivity contribution in [3.8, 4) is 0 Å². The standard InChI is InChI=1S/C13H29N5O4S/c1-15-13(11-23(2,19)20)9-12-10-16-18(17-12)4-6-22-8-7-21-5-3-14/h10,13,15-17H,3-9,11,14H2,1-2H3. The Morgan fingerprint density at radius 1 is 1.30 bits per heavy atom. The first-order valence-corrected chi connectivity index (χ1v) is 9.70. The van der Waals surface area contributed by atoms with Gasteiger partial charge in [0.1, 0.15) is 9.84 Å². The summed E-state index contributed by atoms with van der Waals surface area (Å²) in [5, 5.41) is 4.82. The topological polar surface area (TPSA) is 118 Å². The zero-order valence-corrected chi connectivity index (χ0v) is 14.7. The number of hydrazine groups is 2. The Kier molecular flexibility index (Phi) is 9.44. The van der Waals surface area contributed by atoms with Crippen LogP contribution in [0, 0.1) is 0 Å². The van der Waals surface area contributed by atoms with Gasteiger partial charge in [0.05, 0.1) is 38.7 Å². The molecule has 1 atom stereocenters. The highest BCUT2D eigenvalue weighted by Crippen LogP contribution is 2.08. The van der Waals surface area contributed by atoms with Gasteiger partial charge in [0.15, 0.2) is 0 Å². The molecule has 23 heavy (non-hydrogen) atoms. The van der Waals surface area contributed by atoms with Gasteiger partial charge in [-0.2, -0.15) is 0 Å². The van der Waals surface area contributed by atoms with Gasteiger partial charge in [-0.3, -0.25) is 0 Å².